The highest BCUT2D eigenvalue weighted by Gasteiger charge is 2.21. The van der Waals surface area contributed by atoms with Crippen molar-refractivity contribution in [3.8, 4) is 0 Å². The number of Topliss-reactive ketones (excluding diaryl/α,β-unsaturated/α-hetero) is 1. The Kier molecular flexibility index (Phi) is 15.5. The molecule has 11 heteroatoms. The first-order valence-electron chi connectivity index (χ1n) is 7.29. The number of carbonyl (C=O) groups excluding carboxylic acids is 1. The van der Waals surface area contributed by atoms with Gasteiger partial charge in [-0.05, 0) is 34.6 Å². The molecule has 9 nitrogen and oxygen atoms in total. The van der Waals surface area contributed by atoms with Crippen molar-refractivity contribution >= 4 is 29.5 Å². The molecule has 0 spiro atoms. The van der Waals surface area contributed by atoms with Crippen molar-refractivity contribution in [2.75, 3.05) is 11.9 Å². The highest BCUT2D eigenvalue weighted by Crippen LogP contribution is 2.43. The van der Waals surface area contributed by atoms with E-state index >= 15 is 0 Å². The molecule has 25 heavy (non-hydrogen) atoms. The van der Waals surface area contributed by atoms with Crippen LogP contribution in [0.25, 0.3) is 0 Å². The van der Waals surface area contributed by atoms with Crippen LogP contribution in [-0.2, 0) is 33.0 Å². The molecule has 1 atom stereocenters. The molecule has 0 aliphatic carbocycles. The van der Waals surface area contributed by atoms with Crippen LogP contribution < -0.4 is 0 Å². The fraction of sp³-hybridized carbons (Fsp3) is 0.857. The van der Waals surface area contributed by atoms with E-state index in [9.17, 15) is 22.6 Å². The minimum atomic E-state index is -3.66. The number of carboxylic acid groups (broad SMARTS) is 1. The summed E-state index contributed by atoms with van der Waals surface area (Å²) in [5.74, 6) is -1.72. The predicted molar refractivity (Wildman–Crippen MR) is 95.2 cm³/mol. The topological polar surface area (TPSA) is 144 Å². The van der Waals surface area contributed by atoms with Gasteiger partial charge in [0.25, 0.3) is 10.1 Å². The van der Waals surface area contributed by atoms with Crippen LogP contribution in [0.2, 0.25) is 0 Å². The minimum Gasteiger partial charge on any atom is -0.481 e. The lowest BCUT2D eigenvalue weighted by molar-refractivity contribution is -0.136. The zero-order valence-corrected chi connectivity index (χ0v) is 16.3. The Morgan fingerprint density at radius 1 is 1.08 bits per heavy atom. The van der Waals surface area contributed by atoms with E-state index in [4.69, 9.17) is 14.5 Å². The molecule has 0 aliphatic rings. The number of hydrogen-bond acceptors (Lipinski definition) is 7. The first kappa shape index (κ1) is 29.0. The average Bonchev–Trinajstić information content (AvgIpc) is 2.32. The van der Waals surface area contributed by atoms with E-state index in [1.54, 1.807) is 27.7 Å². The van der Waals surface area contributed by atoms with Gasteiger partial charge >= 0.3 is 13.6 Å². The summed E-state index contributed by atoms with van der Waals surface area (Å²) in [5.41, 5.74) is 0. The largest absolute Gasteiger partial charge is 0.481 e. The van der Waals surface area contributed by atoms with E-state index in [2.05, 4.69) is 4.18 Å². The number of carbonyl (C=O) groups is 2. The maximum absolute atomic E-state index is 11.1. The van der Waals surface area contributed by atoms with Gasteiger partial charge in [0.15, 0.2) is 0 Å². The maximum Gasteiger partial charge on any atom is 0.328 e. The van der Waals surface area contributed by atoms with Gasteiger partial charge in [0.1, 0.15) is 5.78 Å². The van der Waals surface area contributed by atoms with Crippen molar-refractivity contribution in [1.29, 1.82) is 0 Å². The van der Waals surface area contributed by atoms with Crippen LogP contribution >= 0.6 is 7.60 Å². The molecule has 0 fully saturated rings. The van der Waals surface area contributed by atoms with Gasteiger partial charge in [-0.15, -0.1) is 0 Å². The molecule has 0 aromatic carbocycles. The molecule has 0 aromatic rings. The first-order chi connectivity index (χ1) is 10.7. The Morgan fingerprint density at radius 2 is 1.56 bits per heavy atom. The van der Waals surface area contributed by atoms with Crippen molar-refractivity contribution in [2.45, 2.75) is 67.1 Å². The summed E-state index contributed by atoms with van der Waals surface area (Å²) in [6, 6.07) is 0. The molecular formula is C14H31O9PS. The Hall–Kier alpha value is -0.800. The van der Waals surface area contributed by atoms with E-state index in [-0.39, 0.29) is 31.9 Å². The second kappa shape index (κ2) is 13.4. The van der Waals surface area contributed by atoms with Crippen molar-refractivity contribution in [3.05, 3.63) is 0 Å². The van der Waals surface area contributed by atoms with Gasteiger partial charge in [-0.25, -0.2) is 0 Å². The monoisotopic (exact) mass is 406 g/mol. The summed E-state index contributed by atoms with van der Waals surface area (Å²) in [6.45, 7) is 7.87. The fourth-order valence-corrected chi connectivity index (χ4v) is 3.70. The van der Waals surface area contributed by atoms with E-state index in [0.717, 1.165) is 0 Å². The van der Waals surface area contributed by atoms with E-state index < -0.39 is 42.0 Å². The van der Waals surface area contributed by atoms with Gasteiger partial charge in [0.2, 0.25) is 0 Å². The second-order valence-corrected chi connectivity index (χ2v) is 9.17. The summed E-state index contributed by atoms with van der Waals surface area (Å²) < 4.78 is 42.1. The summed E-state index contributed by atoms with van der Waals surface area (Å²) in [4.78, 5) is 29.6. The third-order valence-corrected chi connectivity index (χ3v) is 4.95. The normalized spacial score (nSPS) is 13.4. The van der Waals surface area contributed by atoms with Gasteiger partial charge in [-0.3, -0.25) is 13.5 Å². The molecular weight excluding hydrogens is 375 g/mol. The van der Waals surface area contributed by atoms with Crippen molar-refractivity contribution in [1.82, 2.24) is 0 Å². The van der Waals surface area contributed by atoms with Crippen molar-refractivity contribution in [3.63, 3.8) is 0 Å². The van der Waals surface area contributed by atoms with Gasteiger partial charge in [-0.2, -0.15) is 8.42 Å². The van der Waals surface area contributed by atoms with Gasteiger partial charge < -0.3 is 19.3 Å². The molecule has 0 saturated carbocycles. The van der Waals surface area contributed by atoms with Gasteiger partial charge in [0.05, 0.1) is 30.5 Å². The Labute approximate surface area is 150 Å². The molecule has 0 aromatic heterocycles. The molecule has 0 heterocycles. The van der Waals surface area contributed by atoms with Crippen LogP contribution in [0.15, 0.2) is 0 Å². The lowest BCUT2D eigenvalue weighted by Gasteiger charge is -2.13. The summed E-state index contributed by atoms with van der Waals surface area (Å²) in [7, 11) is -7.18. The van der Waals surface area contributed by atoms with Gasteiger partial charge in [0, 0.05) is 6.42 Å². The van der Waals surface area contributed by atoms with Crippen LogP contribution in [0.5, 0.6) is 0 Å². The van der Waals surface area contributed by atoms with E-state index in [0.29, 0.717) is 0 Å². The molecule has 0 bridgehead atoms. The second-order valence-electron chi connectivity index (χ2n) is 5.52. The average molecular weight is 406 g/mol. The van der Waals surface area contributed by atoms with Crippen molar-refractivity contribution in [2.24, 2.45) is 0 Å². The Balaban J connectivity index is -0.000000372. The summed E-state index contributed by atoms with van der Waals surface area (Å²) in [6.07, 6.45) is -1.13. The van der Waals surface area contributed by atoms with E-state index in [1.807, 2.05) is 0 Å². The van der Waals surface area contributed by atoms with Crippen LogP contribution in [0.1, 0.15) is 54.9 Å². The molecule has 2 N–H and O–H groups in total. The molecule has 0 rings (SSSR count). The maximum atomic E-state index is 11.1. The van der Waals surface area contributed by atoms with Gasteiger partial charge in [-0.1, -0.05) is 7.43 Å². The minimum absolute atomic E-state index is 0. The number of carboxylic acids is 1. The lowest BCUT2D eigenvalue weighted by atomic mass is 10.4. The first-order valence-corrected chi connectivity index (χ1v) is 10.6. The summed E-state index contributed by atoms with van der Waals surface area (Å²) >= 11 is 0. The molecule has 0 saturated heterocycles. The number of ketones is 1. The summed E-state index contributed by atoms with van der Waals surface area (Å²) in [5, 5.41) is 8.19. The lowest BCUT2D eigenvalue weighted by Crippen LogP contribution is -2.17. The Bertz CT molecular complexity index is 541. The number of hydrogen-bond donors (Lipinski definition) is 2. The van der Waals surface area contributed by atoms with Crippen molar-refractivity contribution < 1.29 is 41.3 Å². The fourth-order valence-electron chi connectivity index (χ4n) is 1.23. The Morgan fingerprint density at radius 3 is 1.88 bits per heavy atom. The number of rotatable bonds is 10. The third-order valence-electron chi connectivity index (χ3n) is 2.03. The quantitative estimate of drug-likeness (QED) is 0.413. The highest BCUT2D eigenvalue weighted by atomic mass is 32.2. The molecule has 0 aliphatic heterocycles. The third kappa shape index (κ3) is 23.2. The van der Waals surface area contributed by atoms with Crippen LogP contribution in [0.3, 0.4) is 0 Å². The zero-order valence-electron chi connectivity index (χ0n) is 14.6. The SMILES string of the molecule is C.CC(=O)CCP(=O)(O)OC(C)C.CC(C)OS(=O)(=O)CCC(=O)O. The molecule has 0 amide bonds. The predicted octanol–water partition coefficient (Wildman–Crippen LogP) is 2.43. The molecule has 1 unspecified atom stereocenters. The highest BCUT2D eigenvalue weighted by molar-refractivity contribution is 7.86. The van der Waals surface area contributed by atoms with Crippen LogP contribution in [0.4, 0.5) is 0 Å². The standard InChI is InChI=1S/C7H15O4P.C6H12O5S.CH4/c1-6(2)11-12(9,10)5-4-7(3)8;1-5(2)11-12(9,10)4-3-6(7)8;/h6H,4-5H2,1-3H3,(H,9,10);5H,3-4H2,1-2H3,(H,7,8);1H4. The van der Waals surface area contributed by atoms with Crippen LogP contribution in [0, 0.1) is 0 Å². The zero-order chi connectivity index (χ0) is 19.6. The van der Waals surface area contributed by atoms with Crippen LogP contribution in [-0.4, -0.2) is 54.3 Å². The number of aliphatic carboxylic acids is 1. The molecule has 0 radical (unpaired) electrons. The van der Waals surface area contributed by atoms with E-state index in [1.165, 1.54) is 6.92 Å². The molecule has 152 valence electrons. The smallest absolute Gasteiger partial charge is 0.328 e.